The van der Waals surface area contributed by atoms with E-state index in [9.17, 15) is 38.4 Å². The average molecular weight is 1220 g/mol. The number of halogens is 3. The lowest BCUT2D eigenvalue weighted by Gasteiger charge is -2.35. The molecule has 3 fully saturated rings. The minimum absolute atomic E-state index is 0.0345. The fraction of sp³-hybridized carbons (Fsp3) is 0.679. The summed E-state index contributed by atoms with van der Waals surface area (Å²) in [5.74, 6) is -2.16. The standard InChI is InChI=1S/C21H33ClN4O5.C17H25ClN4O5.C15H23ClN4O4/c1-15(27)30-12-11-26-17(22)13-24-19(20(26)29)23-9-8-16-7-5-6-10-25(16)14-18(28)31-21(2,3)4;1-12(23)27-9-8-22-14(18)10-20-16(17(22)26)19-6-5-13-4-2-3-7-21(13)11-15(24)25;16-12-9-18-14(15(24)20(12)7-8-21)17-5-4-11-3-1-2-6-19(11)10-13(22)23/h13,16H,5-12,14H2,1-4H3,(H,23,24);10,13H,2-9,11H2,1H3,(H,19,20)(H,24,25);9,11,21H,1-8,10H2,(H,17,18)(H,22,23). The van der Waals surface area contributed by atoms with Crippen LogP contribution in [0.3, 0.4) is 0 Å². The molecular formula is C53H81Cl3N12O14. The monoisotopic (exact) mass is 1210 g/mol. The number of esters is 3. The van der Waals surface area contributed by atoms with Crippen LogP contribution in [-0.2, 0) is 57.8 Å². The van der Waals surface area contributed by atoms with Gasteiger partial charge in [0.1, 0.15) is 34.3 Å². The first-order valence-corrected chi connectivity index (χ1v) is 28.8. The van der Waals surface area contributed by atoms with Crippen LogP contribution in [0.25, 0.3) is 0 Å². The maximum absolute atomic E-state index is 12.6. The second kappa shape index (κ2) is 35.3. The summed E-state index contributed by atoms with van der Waals surface area (Å²) in [7, 11) is 0. The molecule has 3 saturated heterocycles. The number of aliphatic hydroxyl groups is 1. The number of carboxylic acids is 2. The zero-order valence-electron chi connectivity index (χ0n) is 47.5. The van der Waals surface area contributed by atoms with Gasteiger partial charge in [0.05, 0.1) is 64.5 Å². The second-order valence-electron chi connectivity index (χ2n) is 20.9. The number of nitrogens with one attached hydrogen (secondary N) is 3. The summed E-state index contributed by atoms with van der Waals surface area (Å²) in [5, 5.41) is 36.6. The van der Waals surface area contributed by atoms with Gasteiger partial charge in [-0.05, 0) is 98.2 Å². The SMILES string of the molecule is CC(=O)OCCn1c(Cl)cnc(NCCC2CCCCN2CC(=O)O)c1=O.CC(=O)OCCn1c(Cl)cnc(NCCC2CCCCN2CC(=O)OC(C)(C)C)c1=O.O=C(O)CN1CCCCC1CCNc1ncc(Cl)n(CCO)c1=O. The Morgan fingerprint density at radius 3 is 1.20 bits per heavy atom. The van der Waals surface area contributed by atoms with Crippen molar-refractivity contribution in [2.75, 3.05) is 94.7 Å². The molecule has 0 bridgehead atoms. The zero-order valence-corrected chi connectivity index (χ0v) is 49.8. The quantitative estimate of drug-likeness (QED) is 0.0482. The van der Waals surface area contributed by atoms with Gasteiger partial charge in [-0.15, -0.1) is 0 Å². The van der Waals surface area contributed by atoms with E-state index in [1.807, 2.05) is 30.6 Å². The molecule has 3 unspecified atom stereocenters. The summed E-state index contributed by atoms with van der Waals surface area (Å²) < 4.78 is 19.1. The number of rotatable bonds is 26. The van der Waals surface area contributed by atoms with Crippen molar-refractivity contribution in [2.45, 2.75) is 155 Å². The lowest BCUT2D eigenvalue weighted by atomic mass is 9.99. The summed E-state index contributed by atoms with van der Waals surface area (Å²) in [6.45, 7) is 12.8. The van der Waals surface area contributed by atoms with Crippen LogP contribution in [-0.4, -0.2) is 191 Å². The van der Waals surface area contributed by atoms with Gasteiger partial charge in [-0.25, -0.2) is 15.0 Å². The van der Waals surface area contributed by atoms with Crippen molar-refractivity contribution in [1.29, 1.82) is 0 Å². The van der Waals surface area contributed by atoms with E-state index in [0.717, 1.165) is 90.3 Å². The van der Waals surface area contributed by atoms with Crippen LogP contribution >= 0.6 is 34.8 Å². The Kier molecular flexibility index (Phi) is 29.5. The molecule has 3 aromatic rings. The first-order valence-electron chi connectivity index (χ1n) is 27.7. The molecule has 3 atom stereocenters. The van der Waals surface area contributed by atoms with E-state index in [1.54, 1.807) is 0 Å². The number of aliphatic carboxylic acids is 2. The molecule has 0 aliphatic carbocycles. The minimum Gasteiger partial charge on any atom is -0.480 e. The number of carbonyl (C=O) groups excluding carboxylic acids is 3. The molecule has 26 nitrogen and oxygen atoms in total. The maximum Gasteiger partial charge on any atom is 0.320 e. The molecule has 3 aromatic heterocycles. The molecule has 0 spiro atoms. The molecule has 3 aliphatic heterocycles. The summed E-state index contributed by atoms with van der Waals surface area (Å²) in [6.07, 6.45) is 15.6. The fourth-order valence-corrected chi connectivity index (χ4v) is 10.4. The highest BCUT2D eigenvalue weighted by molar-refractivity contribution is 6.30. The van der Waals surface area contributed by atoms with Crippen LogP contribution in [0, 0.1) is 0 Å². The molecule has 6 heterocycles. The molecule has 0 aromatic carbocycles. The van der Waals surface area contributed by atoms with Crippen molar-refractivity contribution in [3.8, 4) is 0 Å². The van der Waals surface area contributed by atoms with E-state index in [1.165, 1.54) is 46.1 Å². The Labute approximate surface area is 491 Å². The van der Waals surface area contributed by atoms with Crippen LogP contribution in [0.4, 0.5) is 17.5 Å². The zero-order chi connectivity index (χ0) is 60.4. The van der Waals surface area contributed by atoms with Crippen molar-refractivity contribution < 1.29 is 53.5 Å². The third kappa shape index (κ3) is 24.1. The van der Waals surface area contributed by atoms with Crippen LogP contribution in [0.2, 0.25) is 15.5 Å². The lowest BCUT2D eigenvalue weighted by molar-refractivity contribution is -0.157. The van der Waals surface area contributed by atoms with Gasteiger partial charge in [-0.3, -0.25) is 66.8 Å². The average Bonchev–Trinajstić information content (AvgIpc) is 3.62. The number of ether oxygens (including phenoxy) is 3. The normalized spacial score (nSPS) is 17.7. The predicted molar refractivity (Wildman–Crippen MR) is 309 cm³/mol. The molecule has 0 saturated carbocycles. The summed E-state index contributed by atoms with van der Waals surface area (Å²) in [4.78, 5) is 112. The molecule has 458 valence electrons. The highest BCUT2D eigenvalue weighted by Gasteiger charge is 2.28. The van der Waals surface area contributed by atoms with Crippen molar-refractivity contribution in [3.05, 3.63) is 65.1 Å². The number of carbonyl (C=O) groups is 5. The van der Waals surface area contributed by atoms with Crippen molar-refractivity contribution >= 4 is 82.1 Å². The molecular weight excluding hydrogens is 1140 g/mol. The summed E-state index contributed by atoms with van der Waals surface area (Å²) in [5.41, 5.74) is -1.63. The van der Waals surface area contributed by atoms with E-state index >= 15 is 0 Å². The Morgan fingerprint density at radius 1 is 0.561 bits per heavy atom. The van der Waals surface area contributed by atoms with E-state index < -0.39 is 29.5 Å². The second-order valence-corrected chi connectivity index (χ2v) is 22.1. The molecule has 6 N–H and O–H groups in total. The minimum atomic E-state index is -0.829. The number of aromatic nitrogens is 6. The van der Waals surface area contributed by atoms with Gasteiger partial charge in [-0.2, -0.15) is 0 Å². The van der Waals surface area contributed by atoms with Crippen molar-refractivity contribution in [2.24, 2.45) is 0 Å². The topological polar surface area (TPSA) is 324 Å². The molecule has 29 heteroatoms. The summed E-state index contributed by atoms with van der Waals surface area (Å²) >= 11 is 18.0. The van der Waals surface area contributed by atoms with E-state index in [4.69, 9.17) is 64.3 Å². The smallest absolute Gasteiger partial charge is 0.320 e. The van der Waals surface area contributed by atoms with Crippen molar-refractivity contribution in [3.63, 3.8) is 0 Å². The van der Waals surface area contributed by atoms with Gasteiger partial charge >= 0.3 is 29.8 Å². The Bertz CT molecular complexity index is 2740. The van der Waals surface area contributed by atoms with E-state index in [0.29, 0.717) is 26.1 Å². The number of carboxylic acid groups (broad SMARTS) is 2. The number of hydrogen-bond donors (Lipinski definition) is 6. The van der Waals surface area contributed by atoms with Gasteiger partial charge in [-0.1, -0.05) is 54.1 Å². The number of nitrogens with zero attached hydrogens (tertiary/aromatic N) is 9. The Morgan fingerprint density at radius 2 is 0.890 bits per heavy atom. The largest absolute Gasteiger partial charge is 0.480 e. The van der Waals surface area contributed by atoms with Crippen LogP contribution in [0.5, 0.6) is 0 Å². The number of anilines is 3. The molecule has 0 radical (unpaired) electrons. The van der Waals surface area contributed by atoms with Crippen LogP contribution in [0.1, 0.15) is 112 Å². The van der Waals surface area contributed by atoms with E-state index in [-0.39, 0.29) is 133 Å². The number of piperidine rings is 3. The first-order chi connectivity index (χ1) is 39.0. The highest BCUT2D eigenvalue weighted by Crippen LogP contribution is 2.23. The predicted octanol–water partition coefficient (Wildman–Crippen LogP) is 4.29. The number of aliphatic hydroxyl groups excluding tert-OH is 1. The van der Waals surface area contributed by atoms with Crippen molar-refractivity contribution in [1.82, 2.24) is 43.4 Å². The van der Waals surface area contributed by atoms with Gasteiger partial charge in [0.2, 0.25) is 0 Å². The third-order valence-electron chi connectivity index (χ3n) is 13.6. The third-order valence-corrected chi connectivity index (χ3v) is 14.5. The fourth-order valence-electron chi connectivity index (χ4n) is 9.80. The van der Waals surface area contributed by atoms with Gasteiger partial charge in [0.25, 0.3) is 16.7 Å². The Balaban J connectivity index is 0.000000266. The molecule has 6 rings (SSSR count). The molecule has 3 aliphatic rings. The van der Waals surface area contributed by atoms with Gasteiger partial charge < -0.3 is 45.5 Å². The lowest BCUT2D eigenvalue weighted by Crippen LogP contribution is -2.45. The molecule has 0 amide bonds. The van der Waals surface area contributed by atoms with Crippen LogP contribution < -0.4 is 32.6 Å². The highest BCUT2D eigenvalue weighted by atomic mass is 35.5. The summed E-state index contributed by atoms with van der Waals surface area (Å²) in [6, 6.07) is 0.586. The maximum atomic E-state index is 12.6. The van der Waals surface area contributed by atoms with Crippen LogP contribution in [0.15, 0.2) is 33.0 Å². The molecule has 82 heavy (non-hydrogen) atoms. The number of hydrogen-bond acceptors (Lipinski definition) is 21. The van der Waals surface area contributed by atoms with Gasteiger partial charge in [0.15, 0.2) is 17.5 Å². The Hall–Kier alpha value is -5.90. The first kappa shape index (κ1) is 68.6. The van der Waals surface area contributed by atoms with Gasteiger partial charge in [0, 0.05) is 51.6 Å². The number of likely N-dealkylation sites (tertiary alicyclic amines) is 3. The van der Waals surface area contributed by atoms with E-state index in [2.05, 4.69) is 35.8 Å².